The number of ketones is 1. The predicted octanol–water partition coefficient (Wildman–Crippen LogP) is 3.81. The highest BCUT2D eigenvalue weighted by atomic mass is 16.7. The van der Waals surface area contributed by atoms with Gasteiger partial charge in [0, 0.05) is 37.8 Å². The molecule has 232 valence electrons. The molecule has 2 amide bonds. The van der Waals surface area contributed by atoms with Crippen LogP contribution in [0.15, 0.2) is 0 Å². The average molecular weight is 579 g/mol. The summed E-state index contributed by atoms with van der Waals surface area (Å²) >= 11 is 0. The van der Waals surface area contributed by atoms with Crippen molar-refractivity contribution in [1.29, 1.82) is 0 Å². The number of imide groups is 1. The standard InChI is InChI=1S/C31H50N2O8/c1-18-11-14-33(6)16-21(18)26(35)32-28(37)41-23-15-29(4,27(36)39-8)25(40-17-38-7)20(3)31-12-9-19(2)30(23,5)24(31)22(34)10-13-31/h18-21,23-25H,9-17H2,1-8H3,(H,32,35,37)/t18-,19+,20-,21-,23+,24?,25-,29+,30-,31?/m0/s1. The van der Waals surface area contributed by atoms with Gasteiger partial charge in [-0.15, -0.1) is 0 Å². The van der Waals surface area contributed by atoms with Crippen LogP contribution < -0.4 is 5.32 Å². The second-order valence-corrected chi connectivity index (χ2v) is 13.9. The predicted molar refractivity (Wildman–Crippen MR) is 151 cm³/mol. The number of esters is 1. The van der Waals surface area contributed by atoms with Gasteiger partial charge in [-0.3, -0.25) is 19.7 Å². The van der Waals surface area contributed by atoms with Gasteiger partial charge in [-0.25, -0.2) is 4.79 Å². The highest BCUT2D eigenvalue weighted by molar-refractivity contribution is 5.93. The van der Waals surface area contributed by atoms with Crippen LogP contribution in [-0.2, 0) is 33.3 Å². The summed E-state index contributed by atoms with van der Waals surface area (Å²) < 4.78 is 23.1. The molecule has 41 heavy (non-hydrogen) atoms. The molecule has 1 N–H and O–H groups in total. The summed E-state index contributed by atoms with van der Waals surface area (Å²) in [6.07, 6.45) is 1.42. The maximum absolute atomic E-state index is 13.8. The number of alkyl carbamates (subject to hydrolysis) is 1. The molecule has 0 radical (unpaired) electrons. The van der Waals surface area contributed by atoms with E-state index < -0.39 is 40.5 Å². The minimum atomic E-state index is -1.20. The van der Waals surface area contributed by atoms with E-state index in [2.05, 4.69) is 24.1 Å². The molecule has 0 aromatic rings. The number of rotatable bonds is 6. The summed E-state index contributed by atoms with van der Waals surface area (Å²) in [6, 6.07) is 0. The largest absolute Gasteiger partial charge is 0.469 e. The summed E-state index contributed by atoms with van der Waals surface area (Å²) in [5.74, 6) is -1.36. The van der Waals surface area contributed by atoms with Gasteiger partial charge in [0.15, 0.2) is 0 Å². The van der Waals surface area contributed by atoms with E-state index in [1.807, 2.05) is 20.9 Å². The summed E-state index contributed by atoms with van der Waals surface area (Å²) in [7, 11) is 4.84. The molecule has 1 heterocycles. The fourth-order valence-electron chi connectivity index (χ4n) is 9.07. The number of ether oxygens (including phenoxy) is 4. The number of carbonyl (C=O) groups is 4. The first kappa shape index (κ1) is 31.9. The first-order valence-corrected chi connectivity index (χ1v) is 15.2. The molecule has 4 fully saturated rings. The number of carbonyl (C=O) groups excluding carboxylic acids is 4. The molecule has 1 aliphatic heterocycles. The smallest absolute Gasteiger partial charge is 0.414 e. The monoisotopic (exact) mass is 578 g/mol. The van der Waals surface area contributed by atoms with Gasteiger partial charge in [-0.2, -0.15) is 0 Å². The lowest BCUT2D eigenvalue weighted by Crippen LogP contribution is -2.65. The third-order valence-corrected chi connectivity index (χ3v) is 11.7. The zero-order chi connectivity index (χ0) is 30.3. The van der Waals surface area contributed by atoms with Gasteiger partial charge in [0.05, 0.1) is 24.5 Å². The Balaban J connectivity index is 1.75. The molecule has 4 aliphatic rings. The Bertz CT molecular complexity index is 1040. The van der Waals surface area contributed by atoms with E-state index in [4.69, 9.17) is 18.9 Å². The zero-order valence-corrected chi connectivity index (χ0v) is 26.1. The summed E-state index contributed by atoms with van der Waals surface area (Å²) in [4.78, 5) is 56.1. The lowest BCUT2D eigenvalue weighted by Gasteiger charge is -2.62. The van der Waals surface area contributed by atoms with E-state index in [1.54, 1.807) is 6.92 Å². The van der Waals surface area contributed by atoms with Gasteiger partial charge < -0.3 is 23.8 Å². The quantitative estimate of drug-likeness (QED) is 0.371. The number of methoxy groups -OCH3 is 2. The maximum atomic E-state index is 13.8. The van der Waals surface area contributed by atoms with Crippen LogP contribution >= 0.6 is 0 Å². The third-order valence-electron chi connectivity index (χ3n) is 11.7. The average Bonchev–Trinajstić information content (AvgIpc) is 3.28. The van der Waals surface area contributed by atoms with E-state index in [-0.39, 0.29) is 54.5 Å². The SMILES string of the molecule is COCO[C@H]1[C@H](C)C23CCC(=O)C2[C@@](C)([C@H](C)CC3)[C@H](OC(=O)NC(=O)[C@H]2CN(C)CC[C@@H]2C)C[C@@]1(C)C(=O)OC. The Kier molecular flexibility index (Phi) is 9.27. The topological polar surface area (TPSA) is 120 Å². The summed E-state index contributed by atoms with van der Waals surface area (Å²) in [5, 5.41) is 2.50. The second kappa shape index (κ2) is 11.9. The van der Waals surface area contributed by atoms with E-state index in [0.29, 0.717) is 19.4 Å². The van der Waals surface area contributed by atoms with Crippen LogP contribution in [-0.4, -0.2) is 82.0 Å². The van der Waals surface area contributed by atoms with Crippen molar-refractivity contribution in [3.05, 3.63) is 0 Å². The van der Waals surface area contributed by atoms with E-state index in [0.717, 1.165) is 25.8 Å². The number of hydrogen-bond donors (Lipinski definition) is 1. The summed E-state index contributed by atoms with van der Waals surface area (Å²) in [6.45, 7) is 11.5. The third kappa shape index (κ3) is 5.33. The lowest BCUT2D eigenvalue weighted by atomic mass is 9.44. The molecule has 3 aliphatic carbocycles. The molecule has 0 aromatic heterocycles. The Morgan fingerprint density at radius 2 is 1.78 bits per heavy atom. The van der Waals surface area contributed by atoms with Gasteiger partial charge in [0.2, 0.25) is 5.91 Å². The number of Topliss-reactive ketones (excluding diaryl/α,β-unsaturated/α-hetero) is 1. The number of nitrogens with zero attached hydrogens (tertiary/aromatic N) is 1. The maximum Gasteiger partial charge on any atom is 0.414 e. The molecule has 1 saturated heterocycles. The Morgan fingerprint density at radius 3 is 2.44 bits per heavy atom. The molecular formula is C31H50N2O8. The van der Waals surface area contributed by atoms with Crippen molar-refractivity contribution in [2.45, 2.75) is 85.4 Å². The molecule has 0 aromatic carbocycles. The van der Waals surface area contributed by atoms with Crippen molar-refractivity contribution in [1.82, 2.24) is 10.2 Å². The van der Waals surface area contributed by atoms with Crippen LogP contribution in [0.1, 0.15) is 73.1 Å². The highest BCUT2D eigenvalue weighted by Crippen LogP contribution is 2.68. The Morgan fingerprint density at radius 1 is 1.07 bits per heavy atom. The fraction of sp³-hybridized carbons (Fsp3) is 0.871. The molecule has 2 unspecified atom stereocenters. The lowest BCUT2D eigenvalue weighted by molar-refractivity contribution is -0.227. The fourth-order valence-corrected chi connectivity index (χ4v) is 9.07. The number of hydrogen-bond acceptors (Lipinski definition) is 9. The Hall–Kier alpha value is -2.04. The van der Waals surface area contributed by atoms with Crippen molar-refractivity contribution in [3.63, 3.8) is 0 Å². The number of amides is 2. The number of nitrogens with one attached hydrogen (secondary N) is 1. The Labute approximate surface area is 244 Å². The van der Waals surface area contributed by atoms with E-state index >= 15 is 0 Å². The number of likely N-dealkylation sites (tertiary alicyclic amines) is 1. The van der Waals surface area contributed by atoms with Gasteiger partial charge in [-0.1, -0.05) is 27.7 Å². The molecule has 2 bridgehead atoms. The number of piperidine rings is 1. The van der Waals surface area contributed by atoms with Crippen LogP contribution in [0.25, 0.3) is 0 Å². The van der Waals surface area contributed by atoms with Crippen molar-refractivity contribution in [2.75, 3.05) is 41.1 Å². The van der Waals surface area contributed by atoms with Crippen molar-refractivity contribution >= 4 is 23.8 Å². The van der Waals surface area contributed by atoms with E-state index in [9.17, 15) is 19.2 Å². The zero-order valence-electron chi connectivity index (χ0n) is 26.1. The molecule has 4 rings (SSSR count). The van der Waals surface area contributed by atoms with Crippen molar-refractivity contribution in [3.8, 4) is 0 Å². The van der Waals surface area contributed by atoms with Crippen molar-refractivity contribution < 1.29 is 38.1 Å². The van der Waals surface area contributed by atoms with Crippen LogP contribution in [0.3, 0.4) is 0 Å². The molecule has 10 nitrogen and oxygen atoms in total. The molecule has 10 atom stereocenters. The second-order valence-electron chi connectivity index (χ2n) is 13.9. The van der Waals surface area contributed by atoms with Gasteiger partial charge in [-0.05, 0) is 69.4 Å². The minimum Gasteiger partial charge on any atom is -0.469 e. The molecule has 0 spiro atoms. The van der Waals surface area contributed by atoms with Crippen LogP contribution in [0.2, 0.25) is 0 Å². The highest BCUT2D eigenvalue weighted by Gasteiger charge is 2.70. The van der Waals surface area contributed by atoms with Crippen LogP contribution in [0, 0.1) is 45.8 Å². The summed E-state index contributed by atoms with van der Waals surface area (Å²) in [5.41, 5.74) is -2.38. The molecule has 3 saturated carbocycles. The van der Waals surface area contributed by atoms with E-state index in [1.165, 1.54) is 14.2 Å². The molecule has 10 heteroatoms. The van der Waals surface area contributed by atoms with Crippen LogP contribution in [0.4, 0.5) is 4.79 Å². The van der Waals surface area contributed by atoms with Crippen LogP contribution in [0.5, 0.6) is 0 Å². The van der Waals surface area contributed by atoms with Gasteiger partial charge in [0.25, 0.3) is 0 Å². The van der Waals surface area contributed by atoms with Crippen molar-refractivity contribution in [2.24, 2.45) is 45.8 Å². The van der Waals surface area contributed by atoms with Gasteiger partial charge in [0.1, 0.15) is 18.7 Å². The normalized spacial score (nSPS) is 42.9. The minimum absolute atomic E-state index is 0.0293. The first-order valence-electron chi connectivity index (χ1n) is 15.2. The molecular weight excluding hydrogens is 528 g/mol. The first-order chi connectivity index (χ1) is 19.3. The van der Waals surface area contributed by atoms with Gasteiger partial charge >= 0.3 is 12.1 Å².